The number of carbonyl (C=O) groups excluding carboxylic acids is 1. The Morgan fingerprint density at radius 1 is 1.44 bits per heavy atom. The summed E-state index contributed by atoms with van der Waals surface area (Å²) in [5.41, 5.74) is 6.31. The third kappa shape index (κ3) is 3.48. The third-order valence-corrected chi connectivity index (χ3v) is 4.26. The third-order valence-electron chi connectivity index (χ3n) is 2.13. The second-order valence-electron chi connectivity index (χ2n) is 3.50. The van der Waals surface area contributed by atoms with Crippen molar-refractivity contribution >= 4 is 40.4 Å². The summed E-state index contributed by atoms with van der Waals surface area (Å²) in [6, 6.07) is 7.76. The highest BCUT2D eigenvalue weighted by Crippen LogP contribution is 2.24. The van der Waals surface area contributed by atoms with Crippen LogP contribution in [0.1, 0.15) is 0 Å². The van der Waals surface area contributed by atoms with Gasteiger partial charge in [-0.15, -0.1) is 23.1 Å². The molecule has 0 radical (unpaired) electrons. The lowest BCUT2D eigenvalue weighted by atomic mass is 10.2. The Morgan fingerprint density at radius 3 is 3.00 bits per heavy atom. The average molecular weight is 282 g/mol. The van der Waals surface area contributed by atoms with E-state index >= 15 is 0 Å². The van der Waals surface area contributed by atoms with E-state index in [-0.39, 0.29) is 11.7 Å². The molecule has 3 N–H and O–H groups in total. The molecule has 0 aliphatic heterocycles. The zero-order valence-corrected chi connectivity index (χ0v) is 11.0. The van der Waals surface area contributed by atoms with Crippen LogP contribution >= 0.6 is 23.1 Å². The van der Waals surface area contributed by atoms with Crippen molar-refractivity contribution in [2.45, 2.75) is 4.21 Å². The van der Waals surface area contributed by atoms with E-state index in [9.17, 15) is 9.18 Å². The molecule has 0 saturated heterocycles. The molecule has 0 bridgehead atoms. The summed E-state index contributed by atoms with van der Waals surface area (Å²) in [7, 11) is 0. The summed E-state index contributed by atoms with van der Waals surface area (Å²) in [6.45, 7) is 0. The Balaban J connectivity index is 1.92. The topological polar surface area (TPSA) is 55.1 Å². The molecule has 0 unspecified atom stereocenters. The molecule has 2 aromatic rings. The van der Waals surface area contributed by atoms with Gasteiger partial charge in [0, 0.05) is 0 Å². The van der Waals surface area contributed by atoms with Crippen LogP contribution in [0.2, 0.25) is 0 Å². The zero-order chi connectivity index (χ0) is 13.0. The van der Waals surface area contributed by atoms with Gasteiger partial charge in [-0.3, -0.25) is 4.79 Å². The van der Waals surface area contributed by atoms with Crippen molar-refractivity contribution in [3.05, 3.63) is 41.5 Å². The maximum absolute atomic E-state index is 13.0. The number of nitrogens with one attached hydrogen (secondary N) is 1. The van der Waals surface area contributed by atoms with Crippen molar-refractivity contribution in [1.29, 1.82) is 0 Å². The molecule has 0 saturated carbocycles. The van der Waals surface area contributed by atoms with Gasteiger partial charge in [0.2, 0.25) is 5.91 Å². The van der Waals surface area contributed by atoms with Gasteiger partial charge in [-0.25, -0.2) is 4.39 Å². The molecule has 0 aliphatic rings. The van der Waals surface area contributed by atoms with Gasteiger partial charge < -0.3 is 11.1 Å². The van der Waals surface area contributed by atoms with Crippen LogP contribution < -0.4 is 11.1 Å². The van der Waals surface area contributed by atoms with Crippen LogP contribution in [-0.2, 0) is 4.79 Å². The summed E-state index contributed by atoms with van der Waals surface area (Å²) < 4.78 is 14.1. The normalized spacial score (nSPS) is 10.3. The monoisotopic (exact) mass is 282 g/mol. The number of carbonyl (C=O) groups is 1. The fourth-order valence-corrected chi connectivity index (χ4v) is 2.89. The maximum atomic E-state index is 13.0. The lowest BCUT2D eigenvalue weighted by molar-refractivity contribution is -0.113. The molecule has 0 atom stereocenters. The van der Waals surface area contributed by atoms with E-state index in [0.29, 0.717) is 11.4 Å². The van der Waals surface area contributed by atoms with Crippen molar-refractivity contribution in [2.75, 3.05) is 16.8 Å². The Bertz CT molecular complexity index is 543. The molecule has 1 aromatic heterocycles. The molecule has 6 heteroatoms. The van der Waals surface area contributed by atoms with E-state index in [1.54, 1.807) is 11.3 Å². The Kier molecular flexibility index (Phi) is 4.22. The van der Waals surface area contributed by atoms with Crippen LogP contribution in [0.4, 0.5) is 15.8 Å². The lowest BCUT2D eigenvalue weighted by Crippen LogP contribution is -2.15. The number of nitrogens with two attached hydrogens (primary N) is 1. The van der Waals surface area contributed by atoms with Gasteiger partial charge in [0.15, 0.2) is 0 Å². The van der Waals surface area contributed by atoms with Gasteiger partial charge >= 0.3 is 0 Å². The molecule has 18 heavy (non-hydrogen) atoms. The molecular formula is C12H11FN2OS2. The van der Waals surface area contributed by atoms with Crippen LogP contribution in [0, 0.1) is 5.82 Å². The first-order valence-corrected chi connectivity index (χ1v) is 7.03. The number of benzene rings is 1. The van der Waals surface area contributed by atoms with Gasteiger partial charge in [-0.2, -0.15) is 0 Å². The Hall–Kier alpha value is -1.53. The Labute approximate surface area is 112 Å². The molecule has 0 fully saturated rings. The summed E-state index contributed by atoms with van der Waals surface area (Å²) in [6.07, 6.45) is 0. The summed E-state index contributed by atoms with van der Waals surface area (Å²) in [5, 5.41) is 4.54. The summed E-state index contributed by atoms with van der Waals surface area (Å²) in [5.74, 6) is -0.354. The van der Waals surface area contributed by atoms with Crippen molar-refractivity contribution in [3.63, 3.8) is 0 Å². The van der Waals surface area contributed by atoms with Crippen molar-refractivity contribution in [1.82, 2.24) is 0 Å². The van der Waals surface area contributed by atoms with E-state index in [1.165, 1.54) is 30.0 Å². The molecule has 3 nitrogen and oxygen atoms in total. The molecule has 1 aromatic carbocycles. The van der Waals surface area contributed by atoms with Gasteiger partial charge in [-0.1, -0.05) is 6.07 Å². The summed E-state index contributed by atoms with van der Waals surface area (Å²) >= 11 is 3.01. The van der Waals surface area contributed by atoms with Crippen molar-refractivity contribution in [2.24, 2.45) is 0 Å². The van der Waals surface area contributed by atoms with Crippen LogP contribution in [0.5, 0.6) is 0 Å². The zero-order valence-electron chi connectivity index (χ0n) is 9.35. The Morgan fingerprint density at radius 2 is 2.28 bits per heavy atom. The molecule has 94 valence electrons. The highest BCUT2D eigenvalue weighted by atomic mass is 32.2. The minimum atomic E-state index is -0.426. The van der Waals surface area contributed by atoms with E-state index < -0.39 is 5.82 Å². The van der Waals surface area contributed by atoms with E-state index in [0.717, 1.165) is 4.21 Å². The second-order valence-corrected chi connectivity index (χ2v) is 5.72. The number of nitrogen functional groups attached to an aromatic ring is 1. The molecule has 1 amide bonds. The predicted octanol–water partition coefficient (Wildman–Crippen LogP) is 3.20. The largest absolute Gasteiger partial charge is 0.397 e. The molecule has 1 heterocycles. The number of anilines is 2. The molecule has 2 rings (SSSR count). The molecular weight excluding hydrogens is 271 g/mol. The van der Waals surface area contributed by atoms with Crippen molar-refractivity contribution in [3.8, 4) is 0 Å². The van der Waals surface area contributed by atoms with Crippen LogP contribution in [0.15, 0.2) is 39.9 Å². The number of thioether (sulfide) groups is 1. The number of hydrogen-bond acceptors (Lipinski definition) is 4. The predicted molar refractivity (Wildman–Crippen MR) is 74.5 cm³/mol. The number of thiophene rings is 1. The van der Waals surface area contributed by atoms with Crippen LogP contribution in [-0.4, -0.2) is 11.7 Å². The first kappa shape index (κ1) is 12.9. The number of amides is 1. The van der Waals surface area contributed by atoms with E-state index in [1.807, 2.05) is 17.5 Å². The SMILES string of the molecule is Nc1ccc(F)cc1NC(=O)CSc1cccs1. The minimum absolute atomic E-state index is 0.203. The molecule has 0 spiro atoms. The second kappa shape index (κ2) is 5.88. The quantitative estimate of drug-likeness (QED) is 0.669. The van der Waals surface area contributed by atoms with Gasteiger partial charge in [-0.05, 0) is 29.6 Å². The first-order chi connectivity index (χ1) is 8.65. The maximum Gasteiger partial charge on any atom is 0.234 e. The fourth-order valence-electron chi connectivity index (χ4n) is 1.31. The van der Waals surface area contributed by atoms with Crippen LogP contribution in [0.3, 0.4) is 0 Å². The number of hydrogen-bond donors (Lipinski definition) is 2. The summed E-state index contributed by atoms with van der Waals surface area (Å²) in [4.78, 5) is 11.7. The minimum Gasteiger partial charge on any atom is -0.397 e. The lowest BCUT2D eigenvalue weighted by Gasteiger charge is -2.07. The first-order valence-electron chi connectivity index (χ1n) is 5.16. The fraction of sp³-hybridized carbons (Fsp3) is 0.0833. The van der Waals surface area contributed by atoms with E-state index in [2.05, 4.69) is 5.32 Å². The number of rotatable bonds is 4. The standard InChI is InChI=1S/C12H11FN2OS2/c13-8-3-4-9(14)10(6-8)15-11(16)7-18-12-2-1-5-17-12/h1-6H,7,14H2,(H,15,16). The highest BCUT2D eigenvalue weighted by molar-refractivity contribution is 8.01. The molecule has 0 aliphatic carbocycles. The highest BCUT2D eigenvalue weighted by Gasteiger charge is 2.07. The van der Waals surface area contributed by atoms with Gasteiger partial charge in [0.1, 0.15) is 5.82 Å². The van der Waals surface area contributed by atoms with Gasteiger partial charge in [0.25, 0.3) is 0 Å². The van der Waals surface area contributed by atoms with E-state index in [4.69, 9.17) is 5.73 Å². The average Bonchev–Trinajstić information content (AvgIpc) is 2.84. The van der Waals surface area contributed by atoms with Gasteiger partial charge in [0.05, 0.1) is 21.3 Å². The number of halogens is 1. The van der Waals surface area contributed by atoms with Crippen molar-refractivity contribution < 1.29 is 9.18 Å². The smallest absolute Gasteiger partial charge is 0.234 e. The van der Waals surface area contributed by atoms with Crippen LogP contribution in [0.25, 0.3) is 0 Å².